The number of aromatic nitrogens is 2. The third kappa shape index (κ3) is 6.85. The molecule has 1 aromatic carbocycles. The summed E-state index contributed by atoms with van der Waals surface area (Å²) in [5.41, 5.74) is 2.26. The highest BCUT2D eigenvalue weighted by molar-refractivity contribution is 7.09. The summed E-state index contributed by atoms with van der Waals surface area (Å²) in [6.45, 7) is 4.27. The number of hydrogen-bond donors (Lipinski definition) is 3. The molecule has 0 aliphatic heterocycles. The first-order chi connectivity index (χ1) is 14.0. The van der Waals surface area contributed by atoms with Crippen LogP contribution in [0.5, 0.6) is 0 Å². The van der Waals surface area contributed by atoms with Crippen molar-refractivity contribution < 1.29 is 4.79 Å². The molecule has 0 atom stereocenters. The zero-order chi connectivity index (χ0) is 20.6. The minimum Gasteiger partial charge on any atom is -0.308 e. The molecule has 0 aliphatic rings. The Bertz CT molecular complexity index is 968. The summed E-state index contributed by atoms with van der Waals surface area (Å²) >= 11 is 7.55. The van der Waals surface area contributed by atoms with E-state index < -0.39 is 6.03 Å². The van der Waals surface area contributed by atoms with E-state index in [1.54, 1.807) is 35.6 Å². The lowest BCUT2D eigenvalue weighted by molar-refractivity contribution is 0.256. The molecule has 7 nitrogen and oxygen atoms in total. The summed E-state index contributed by atoms with van der Waals surface area (Å²) in [6, 6.07) is 12.3. The first kappa shape index (κ1) is 20.8. The van der Waals surface area contributed by atoms with Crippen molar-refractivity contribution in [3.63, 3.8) is 0 Å². The molecular weight excluding hydrogens is 408 g/mol. The normalized spacial score (nSPS) is 11.2. The lowest BCUT2D eigenvalue weighted by atomic mass is 10.3. The highest BCUT2D eigenvalue weighted by Gasteiger charge is 2.09. The van der Waals surface area contributed by atoms with Crippen molar-refractivity contribution in [2.24, 2.45) is 4.99 Å². The van der Waals surface area contributed by atoms with E-state index in [4.69, 9.17) is 11.6 Å². The zero-order valence-corrected chi connectivity index (χ0v) is 17.6. The van der Waals surface area contributed by atoms with E-state index >= 15 is 0 Å². The number of amides is 2. The van der Waals surface area contributed by atoms with E-state index in [0.29, 0.717) is 23.2 Å². The molecule has 0 spiro atoms. The van der Waals surface area contributed by atoms with Crippen LogP contribution in [0.15, 0.2) is 52.8 Å². The second-order valence-electron chi connectivity index (χ2n) is 6.25. The minimum absolute atomic E-state index is 0.276. The standard InChI is InChI=1S/C20H21ClN6OS/c1-13-12-14(2)24-19(23-13)26-18(22-10-9-17-4-3-11-29-17)27-20(28)25-16-7-5-15(21)6-8-16/h3-8,11-12H,9-10H2,1-2H3,(H3,22,23,24,25,26,27,28). The van der Waals surface area contributed by atoms with Gasteiger partial charge >= 0.3 is 6.03 Å². The largest absolute Gasteiger partial charge is 0.326 e. The number of thiophene rings is 1. The fourth-order valence-corrected chi connectivity index (χ4v) is 3.36. The van der Waals surface area contributed by atoms with Crippen molar-refractivity contribution in [2.45, 2.75) is 20.3 Å². The van der Waals surface area contributed by atoms with Gasteiger partial charge in [0, 0.05) is 39.9 Å². The lowest BCUT2D eigenvalue weighted by Crippen LogP contribution is -2.39. The molecule has 0 aliphatic carbocycles. The molecule has 29 heavy (non-hydrogen) atoms. The number of rotatable bonds is 5. The van der Waals surface area contributed by atoms with E-state index in [0.717, 1.165) is 17.8 Å². The number of urea groups is 1. The monoisotopic (exact) mass is 428 g/mol. The van der Waals surface area contributed by atoms with Gasteiger partial charge < -0.3 is 5.32 Å². The molecule has 2 amide bonds. The van der Waals surface area contributed by atoms with Gasteiger partial charge in [0.15, 0.2) is 0 Å². The van der Waals surface area contributed by atoms with Gasteiger partial charge in [-0.1, -0.05) is 17.7 Å². The molecule has 2 aromatic heterocycles. The van der Waals surface area contributed by atoms with Gasteiger partial charge in [-0.25, -0.2) is 14.8 Å². The zero-order valence-electron chi connectivity index (χ0n) is 16.1. The Balaban J connectivity index is 1.69. The fraction of sp³-hybridized carbons (Fsp3) is 0.200. The van der Waals surface area contributed by atoms with Gasteiger partial charge in [-0.2, -0.15) is 0 Å². The summed E-state index contributed by atoms with van der Waals surface area (Å²) in [5.74, 6) is 0.655. The third-order valence-corrected chi connectivity index (χ3v) is 4.94. The molecule has 0 saturated carbocycles. The average Bonchev–Trinajstić information content (AvgIpc) is 3.16. The van der Waals surface area contributed by atoms with Gasteiger partial charge in [-0.3, -0.25) is 15.6 Å². The van der Waals surface area contributed by atoms with E-state index in [1.807, 2.05) is 31.4 Å². The first-order valence-corrected chi connectivity index (χ1v) is 10.2. The maximum Gasteiger partial charge on any atom is 0.326 e. The van der Waals surface area contributed by atoms with Crippen molar-refractivity contribution in [3.8, 4) is 0 Å². The molecule has 0 fully saturated rings. The van der Waals surface area contributed by atoms with Gasteiger partial charge in [0.05, 0.1) is 0 Å². The molecule has 0 bridgehead atoms. The van der Waals surface area contributed by atoms with Gasteiger partial charge in [-0.05, 0) is 55.6 Å². The summed E-state index contributed by atoms with van der Waals surface area (Å²) in [4.78, 5) is 26.8. The van der Waals surface area contributed by atoms with Crippen LogP contribution in [0.25, 0.3) is 0 Å². The second-order valence-corrected chi connectivity index (χ2v) is 7.71. The predicted octanol–water partition coefficient (Wildman–Crippen LogP) is 4.64. The number of benzene rings is 1. The number of nitrogens with one attached hydrogen (secondary N) is 3. The van der Waals surface area contributed by atoms with Gasteiger partial charge in [0.2, 0.25) is 11.9 Å². The summed E-state index contributed by atoms with van der Waals surface area (Å²) < 4.78 is 0. The van der Waals surface area contributed by atoms with E-state index in [1.165, 1.54) is 4.88 Å². The maximum absolute atomic E-state index is 12.4. The van der Waals surface area contributed by atoms with Crippen molar-refractivity contribution in [2.75, 3.05) is 17.2 Å². The molecule has 3 N–H and O–H groups in total. The highest BCUT2D eigenvalue weighted by Crippen LogP contribution is 2.13. The molecule has 3 aromatic rings. The van der Waals surface area contributed by atoms with Crippen LogP contribution in [0, 0.1) is 13.8 Å². The van der Waals surface area contributed by atoms with Crippen LogP contribution in [0.1, 0.15) is 16.3 Å². The Labute approximate surface area is 178 Å². The van der Waals surface area contributed by atoms with Crippen LogP contribution in [-0.2, 0) is 6.42 Å². The van der Waals surface area contributed by atoms with E-state index in [-0.39, 0.29) is 5.96 Å². The SMILES string of the molecule is Cc1cc(C)nc(NC(=NCCc2cccs2)NC(=O)Nc2ccc(Cl)cc2)n1. The van der Waals surface area contributed by atoms with Crippen molar-refractivity contribution in [1.82, 2.24) is 15.3 Å². The summed E-state index contributed by atoms with van der Waals surface area (Å²) in [5, 5.41) is 11.1. The number of carbonyl (C=O) groups is 1. The fourth-order valence-electron chi connectivity index (χ4n) is 2.53. The highest BCUT2D eigenvalue weighted by atomic mass is 35.5. The van der Waals surface area contributed by atoms with Gasteiger partial charge in [-0.15, -0.1) is 11.3 Å². The Kier molecular flexibility index (Phi) is 7.15. The molecule has 150 valence electrons. The van der Waals surface area contributed by atoms with Gasteiger partial charge in [0.25, 0.3) is 0 Å². The summed E-state index contributed by atoms with van der Waals surface area (Å²) in [6.07, 6.45) is 0.775. The van der Waals surface area contributed by atoms with Crippen LogP contribution in [0.4, 0.5) is 16.4 Å². The molecule has 0 unspecified atom stereocenters. The number of anilines is 2. The summed E-state index contributed by atoms with van der Waals surface area (Å²) in [7, 11) is 0. The number of halogens is 1. The lowest BCUT2D eigenvalue weighted by Gasteiger charge is -2.12. The minimum atomic E-state index is -0.431. The van der Waals surface area contributed by atoms with Crippen LogP contribution in [0.2, 0.25) is 5.02 Å². The van der Waals surface area contributed by atoms with Crippen LogP contribution < -0.4 is 16.0 Å². The number of hydrogen-bond acceptors (Lipinski definition) is 5. The molecule has 2 heterocycles. The number of carbonyl (C=O) groups excluding carboxylic acids is 1. The Hall–Kier alpha value is -2.97. The second kappa shape index (κ2) is 9.99. The van der Waals surface area contributed by atoms with Crippen molar-refractivity contribution in [3.05, 3.63) is 69.1 Å². The number of nitrogens with zero attached hydrogens (tertiary/aromatic N) is 3. The maximum atomic E-state index is 12.4. The topological polar surface area (TPSA) is 91.3 Å². The average molecular weight is 429 g/mol. The molecular formula is C20H21ClN6OS. The quantitative estimate of drug-likeness (QED) is 0.407. The smallest absolute Gasteiger partial charge is 0.308 e. The predicted molar refractivity (Wildman–Crippen MR) is 119 cm³/mol. The Morgan fingerprint density at radius 2 is 1.83 bits per heavy atom. The van der Waals surface area contributed by atoms with E-state index in [2.05, 4.69) is 37.0 Å². The molecule has 3 rings (SSSR count). The number of guanidine groups is 1. The van der Waals surface area contributed by atoms with Crippen LogP contribution in [0.3, 0.4) is 0 Å². The number of aryl methyl sites for hydroxylation is 2. The van der Waals surface area contributed by atoms with Crippen molar-refractivity contribution >= 4 is 46.6 Å². The Morgan fingerprint density at radius 3 is 2.48 bits per heavy atom. The molecule has 0 radical (unpaired) electrons. The molecule has 0 saturated heterocycles. The number of aliphatic imine (C=N–C) groups is 1. The van der Waals surface area contributed by atoms with Gasteiger partial charge in [0.1, 0.15) is 0 Å². The Morgan fingerprint density at radius 1 is 1.10 bits per heavy atom. The van der Waals surface area contributed by atoms with Crippen LogP contribution >= 0.6 is 22.9 Å². The van der Waals surface area contributed by atoms with Crippen molar-refractivity contribution in [1.29, 1.82) is 0 Å². The third-order valence-electron chi connectivity index (χ3n) is 3.75. The first-order valence-electron chi connectivity index (χ1n) is 8.97. The molecule has 9 heteroatoms. The van der Waals surface area contributed by atoms with Crippen LogP contribution in [-0.4, -0.2) is 28.5 Å². The van der Waals surface area contributed by atoms with E-state index in [9.17, 15) is 4.79 Å².